The van der Waals surface area contributed by atoms with Crippen LogP contribution in [0.2, 0.25) is 0 Å². The Hall–Kier alpha value is -2.23. The molecule has 0 unspecified atom stereocenters. The molecule has 1 N–H and O–H groups in total. The predicted molar refractivity (Wildman–Crippen MR) is 80.3 cm³/mol. The van der Waals surface area contributed by atoms with E-state index in [0.717, 1.165) is 23.5 Å². The minimum absolute atomic E-state index is 0.194. The Morgan fingerprint density at radius 1 is 1.10 bits per heavy atom. The lowest BCUT2D eigenvalue weighted by Crippen LogP contribution is -2.05. The average Bonchev–Trinajstić information content (AvgIpc) is 2.46. The van der Waals surface area contributed by atoms with Crippen molar-refractivity contribution in [3.8, 4) is 11.6 Å². The minimum atomic E-state index is 0.194. The Morgan fingerprint density at radius 2 is 1.85 bits per heavy atom. The maximum Gasteiger partial charge on any atom is 0.212 e. The molecule has 0 aliphatic carbocycles. The van der Waals surface area contributed by atoms with E-state index in [-0.39, 0.29) is 6.10 Å². The van der Waals surface area contributed by atoms with Gasteiger partial charge in [-0.25, -0.2) is 4.98 Å². The number of methoxy groups -OCH3 is 1. The molecule has 0 bridgehead atoms. The van der Waals surface area contributed by atoms with E-state index in [4.69, 9.17) is 9.47 Å². The molecule has 2 rings (SSSR count). The lowest BCUT2D eigenvalue weighted by Gasteiger charge is -2.11. The van der Waals surface area contributed by atoms with Crippen LogP contribution in [0, 0.1) is 0 Å². The zero-order valence-electron chi connectivity index (χ0n) is 12.1. The number of nitrogens with zero attached hydrogens (tertiary/aromatic N) is 1. The summed E-state index contributed by atoms with van der Waals surface area (Å²) in [7, 11) is 1.61. The van der Waals surface area contributed by atoms with Gasteiger partial charge < -0.3 is 14.8 Å². The highest BCUT2D eigenvalue weighted by Gasteiger charge is 1.99. The molecule has 106 valence electrons. The highest BCUT2D eigenvalue weighted by molar-refractivity contribution is 5.46. The summed E-state index contributed by atoms with van der Waals surface area (Å²) in [6.45, 7) is 4.76. The number of anilines is 1. The van der Waals surface area contributed by atoms with Crippen LogP contribution in [0.25, 0.3) is 0 Å². The van der Waals surface area contributed by atoms with Crippen LogP contribution in [0.4, 0.5) is 5.69 Å². The minimum Gasteiger partial charge on any atom is -0.491 e. The van der Waals surface area contributed by atoms with Gasteiger partial charge in [-0.15, -0.1) is 0 Å². The summed E-state index contributed by atoms with van der Waals surface area (Å²) >= 11 is 0. The first-order valence-corrected chi connectivity index (χ1v) is 6.67. The van der Waals surface area contributed by atoms with Crippen molar-refractivity contribution >= 4 is 5.69 Å². The van der Waals surface area contributed by atoms with Gasteiger partial charge in [-0.3, -0.25) is 0 Å². The standard InChI is InChI=1S/C16H20N2O2/c1-12(2)20-15-7-5-14(6-8-15)17-10-13-4-9-16(19-3)18-11-13/h4-9,11-12,17H,10H2,1-3H3. The first-order valence-electron chi connectivity index (χ1n) is 6.67. The van der Waals surface area contributed by atoms with Gasteiger partial charge in [-0.1, -0.05) is 6.07 Å². The van der Waals surface area contributed by atoms with Crippen molar-refractivity contribution in [2.24, 2.45) is 0 Å². The van der Waals surface area contributed by atoms with Gasteiger partial charge in [0.15, 0.2) is 0 Å². The third-order valence-electron chi connectivity index (χ3n) is 2.73. The molecule has 2 aromatic rings. The fraction of sp³-hybridized carbons (Fsp3) is 0.312. The van der Waals surface area contributed by atoms with Crippen LogP contribution in [0.5, 0.6) is 11.6 Å². The summed E-state index contributed by atoms with van der Waals surface area (Å²) in [4.78, 5) is 4.17. The van der Waals surface area contributed by atoms with Crippen LogP contribution < -0.4 is 14.8 Å². The van der Waals surface area contributed by atoms with Gasteiger partial charge in [0.05, 0.1) is 13.2 Å². The number of aromatic nitrogens is 1. The molecular formula is C16H20N2O2. The second kappa shape index (κ2) is 6.80. The van der Waals surface area contributed by atoms with E-state index in [2.05, 4.69) is 10.3 Å². The Kier molecular flexibility index (Phi) is 4.82. The monoisotopic (exact) mass is 272 g/mol. The third-order valence-corrected chi connectivity index (χ3v) is 2.73. The summed E-state index contributed by atoms with van der Waals surface area (Å²) in [6, 6.07) is 11.8. The van der Waals surface area contributed by atoms with E-state index < -0.39 is 0 Å². The van der Waals surface area contributed by atoms with Gasteiger partial charge in [0.2, 0.25) is 5.88 Å². The van der Waals surface area contributed by atoms with Gasteiger partial charge in [-0.05, 0) is 43.7 Å². The molecule has 1 aromatic heterocycles. The van der Waals surface area contributed by atoms with Crippen LogP contribution in [-0.4, -0.2) is 18.2 Å². The Balaban J connectivity index is 1.89. The van der Waals surface area contributed by atoms with Crippen LogP contribution in [-0.2, 0) is 6.54 Å². The van der Waals surface area contributed by atoms with Crippen molar-refractivity contribution in [2.45, 2.75) is 26.5 Å². The maximum absolute atomic E-state index is 5.61. The first kappa shape index (κ1) is 14.2. The number of benzene rings is 1. The molecule has 0 amide bonds. The normalized spacial score (nSPS) is 10.4. The number of nitrogens with one attached hydrogen (secondary N) is 1. The van der Waals surface area contributed by atoms with Crippen molar-refractivity contribution < 1.29 is 9.47 Å². The topological polar surface area (TPSA) is 43.4 Å². The van der Waals surface area contributed by atoms with Crippen LogP contribution >= 0.6 is 0 Å². The number of hydrogen-bond acceptors (Lipinski definition) is 4. The third kappa shape index (κ3) is 4.16. The molecule has 0 aliphatic heterocycles. The lowest BCUT2D eigenvalue weighted by atomic mass is 10.2. The van der Waals surface area contributed by atoms with Crippen LogP contribution in [0.1, 0.15) is 19.4 Å². The van der Waals surface area contributed by atoms with E-state index in [1.54, 1.807) is 7.11 Å². The van der Waals surface area contributed by atoms with E-state index >= 15 is 0 Å². The van der Waals surface area contributed by atoms with Gasteiger partial charge in [0, 0.05) is 24.5 Å². The van der Waals surface area contributed by atoms with Gasteiger partial charge in [0.1, 0.15) is 5.75 Å². The van der Waals surface area contributed by atoms with Gasteiger partial charge in [-0.2, -0.15) is 0 Å². The highest BCUT2D eigenvalue weighted by Crippen LogP contribution is 2.17. The number of rotatable bonds is 6. The Labute approximate surface area is 119 Å². The van der Waals surface area contributed by atoms with Gasteiger partial charge >= 0.3 is 0 Å². The molecular weight excluding hydrogens is 252 g/mol. The fourth-order valence-electron chi connectivity index (χ4n) is 1.76. The number of pyridine rings is 1. The van der Waals surface area contributed by atoms with E-state index in [1.807, 2.05) is 56.4 Å². The molecule has 1 aromatic carbocycles. The zero-order chi connectivity index (χ0) is 14.4. The van der Waals surface area contributed by atoms with Crippen LogP contribution in [0.15, 0.2) is 42.6 Å². The Bertz CT molecular complexity index is 521. The number of hydrogen-bond donors (Lipinski definition) is 1. The van der Waals surface area contributed by atoms with Crippen molar-refractivity contribution in [3.63, 3.8) is 0 Å². The molecule has 4 heteroatoms. The van der Waals surface area contributed by atoms with E-state index in [9.17, 15) is 0 Å². The highest BCUT2D eigenvalue weighted by atomic mass is 16.5. The predicted octanol–water partition coefficient (Wildman–Crippen LogP) is 3.49. The van der Waals surface area contributed by atoms with Crippen LogP contribution in [0.3, 0.4) is 0 Å². The summed E-state index contributed by atoms with van der Waals surface area (Å²) in [5.41, 5.74) is 2.16. The molecule has 0 fully saturated rings. The molecule has 0 saturated carbocycles. The van der Waals surface area contributed by atoms with E-state index in [1.165, 1.54) is 0 Å². The zero-order valence-corrected chi connectivity index (χ0v) is 12.1. The fourth-order valence-corrected chi connectivity index (χ4v) is 1.76. The lowest BCUT2D eigenvalue weighted by molar-refractivity contribution is 0.242. The molecule has 4 nitrogen and oxygen atoms in total. The van der Waals surface area contributed by atoms with Crippen molar-refractivity contribution in [1.29, 1.82) is 0 Å². The summed E-state index contributed by atoms with van der Waals surface area (Å²) in [5.74, 6) is 1.51. The molecule has 0 radical (unpaired) electrons. The van der Waals surface area contributed by atoms with Gasteiger partial charge in [0.25, 0.3) is 0 Å². The molecule has 0 aliphatic rings. The quantitative estimate of drug-likeness (QED) is 0.874. The maximum atomic E-state index is 5.61. The molecule has 1 heterocycles. The molecule has 0 spiro atoms. The SMILES string of the molecule is COc1ccc(CNc2ccc(OC(C)C)cc2)cn1. The summed E-state index contributed by atoms with van der Waals surface area (Å²) in [5, 5.41) is 3.34. The second-order valence-corrected chi connectivity index (χ2v) is 4.75. The van der Waals surface area contributed by atoms with Crippen molar-refractivity contribution in [2.75, 3.05) is 12.4 Å². The largest absolute Gasteiger partial charge is 0.491 e. The number of ether oxygens (including phenoxy) is 2. The average molecular weight is 272 g/mol. The Morgan fingerprint density at radius 3 is 2.40 bits per heavy atom. The first-order chi connectivity index (χ1) is 9.67. The molecule has 0 saturated heterocycles. The molecule has 20 heavy (non-hydrogen) atoms. The summed E-state index contributed by atoms with van der Waals surface area (Å²) in [6.07, 6.45) is 2.00. The van der Waals surface area contributed by atoms with Crippen molar-refractivity contribution in [1.82, 2.24) is 4.98 Å². The summed E-state index contributed by atoms with van der Waals surface area (Å²) < 4.78 is 10.6. The van der Waals surface area contributed by atoms with E-state index in [0.29, 0.717) is 5.88 Å². The smallest absolute Gasteiger partial charge is 0.212 e. The second-order valence-electron chi connectivity index (χ2n) is 4.75. The van der Waals surface area contributed by atoms with Crippen molar-refractivity contribution in [3.05, 3.63) is 48.2 Å². The molecule has 0 atom stereocenters.